The molecule has 3 rings (SSSR count). The van der Waals surface area contributed by atoms with E-state index in [4.69, 9.17) is 5.84 Å². The average Bonchev–Trinajstić information content (AvgIpc) is 2.83. The van der Waals surface area contributed by atoms with E-state index in [9.17, 15) is 8.42 Å². The highest BCUT2D eigenvalue weighted by Gasteiger charge is 2.35. The van der Waals surface area contributed by atoms with Gasteiger partial charge in [-0.3, -0.25) is 10.1 Å². The van der Waals surface area contributed by atoms with Crippen molar-refractivity contribution in [3.8, 4) is 0 Å². The van der Waals surface area contributed by atoms with Crippen LogP contribution in [0.3, 0.4) is 0 Å². The molecule has 1 aliphatic heterocycles. The number of fused-ring (bicyclic) bond motifs is 1. The zero-order valence-corrected chi connectivity index (χ0v) is 12.5. The highest BCUT2D eigenvalue weighted by molar-refractivity contribution is 7.92. The molecule has 1 unspecified atom stereocenters. The number of nitrogens with one attached hydrogen (secondary N) is 1. The molecule has 0 fully saturated rings. The first kappa shape index (κ1) is 13.9. The summed E-state index contributed by atoms with van der Waals surface area (Å²) in [6.45, 7) is 1.92. The van der Waals surface area contributed by atoms with Gasteiger partial charge in [0.1, 0.15) is 0 Å². The maximum absolute atomic E-state index is 12.9. The Kier molecular flexibility index (Phi) is 3.35. The van der Waals surface area contributed by atoms with Gasteiger partial charge in [-0.15, -0.1) is 0 Å². The van der Waals surface area contributed by atoms with Crippen molar-refractivity contribution in [3.05, 3.63) is 54.1 Å². The summed E-state index contributed by atoms with van der Waals surface area (Å²) >= 11 is 0. The van der Waals surface area contributed by atoms with Gasteiger partial charge >= 0.3 is 0 Å². The predicted molar refractivity (Wildman–Crippen MR) is 83.5 cm³/mol. The number of rotatable bonds is 3. The van der Waals surface area contributed by atoms with Crippen LogP contribution >= 0.6 is 0 Å². The van der Waals surface area contributed by atoms with Crippen LogP contribution in [0.5, 0.6) is 0 Å². The lowest BCUT2D eigenvalue weighted by Gasteiger charge is -2.24. The minimum absolute atomic E-state index is 0.0836. The van der Waals surface area contributed by atoms with Crippen LogP contribution in [0.1, 0.15) is 12.5 Å². The van der Waals surface area contributed by atoms with E-state index in [1.165, 1.54) is 4.31 Å². The van der Waals surface area contributed by atoms with E-state index in [1.54, 1.807) is 24.3 Å². The summed E-state index contributed by atoms with van der Waals surface area (Å²) in [5.74, 6) is 5.31. The molecule has 1 aliphatic rings. The van der Waals surface area contributed by atoms with E-state index < -0.39 is 10.0 Å². The normalized spacial score (nSPS) is 17.6. The lowest BCUT2D eigenvalue weighted by Crippen LogP contribution is -2.35. The van der Waals surface area contributed by atoms with E-state index >= 15 is 0 Å². The molecule has 0 bridgehead atoms. The van der Waals surface area contributed by atoms with Gasteiger partial charge in [0.05, 0.1) is 10.6 Å². The number of hydrogen-bond acceptors (Lipinski definition) is 4. The van der Waals surface area contributed by atoms with Crippen molar-refractivity contribution < 1.29 is 8.42 Å². The summed E-state index contributed by atoms with van der Waals surface area (Å²) in [7, 11) is -3.56. The maximum Gasteiger partial charge on any atom is 0.264 e. The molecule has 1 atom stereocenters. The zero-order valence-electron chi connectivity index (χ0n) is 11.7. The Hall–Kier alpha value is -2.05. The van der Waals surface area contributed by atoms with Gasteiger partial charge in [0.25, 0.3) is 10.0 Å². The van der Waals surface area contributed by atoms with E-state index in [0.29, 0.717) is 5.69 Å². The third-order valence-electron chi connectivity index (χ3n) is 3.72. The number of nitrogens with zero attached hydrogens (tertiary/aromatic N) is 1. The van der Waals surface area contributed by atoms with Gasteiger partial charge < -0.3 is 5.43 Å². The SMILES string of the molecule is CC1Cc2ccccc2N1S(=O)(=O)c1ccc(NN)cc1. The highest BCUT2D eigenvalue weighted by atomic mass is 32.2. The smallest absolute Gasteiger partial charge is 0.264 e. The topological polar surface area (TPSA) is 75.4 Å². The first-order valence-corrected chi connectivity index (χ1v) is 8.17. The average molecular weight is 303 g/mol. The third kappa shape index (κ3) is 2.26. The molecule has 21 heavy (non-hydrogen) atoms. The van der Waals surface area contributed by atoms with Crippen molar-refractivity contribution in [2.75, 3.05) is 9.73 Å². The lowest BCUT2D eigenvalue weighted by atomic mass is 10.1. The van der Waals surface area contributed by atoms with Crippen molar-refractivity contribution in [3.63, 3.8) is 0 Å². The van der Waals surface area contributed by atoms with Crippen molar-refractivity contribution in [2.45, 2.75) is 24.3 Å². The molecule has 0 spiro atoms. The van der Waals surface area contributed by atoms with Crippen molar-refractivity contribution in [1.29, 1.82) is 0 Å². The molecular weight excluding hydrogens is 286 g/mol. The molecule has 0 aromatic heterocycles. The molecule has 2 aromatic carbocycles. The Balaban J connectivity index is 2.05. The van der Waals surface area contributed by atoms with Crippen LogP contribution in [-0.4, -0.2) is 14.5 Å². The Morgan fingerprint density at radius 3 is 2.48 bits per heavy atom. The molecule has 6 heteroatoms. The predicted octanol–water partition coefficient (Wildman–Crippen LogP) is 2.11. The second kappa shape index (κ2) is 5.05. The second-order valence-corrected chi connectivity index (χ2v) is 6.97. The van der Waals surface area contributed by atoms with Gasteiger partial charge in [-0.05, 0) is 49.2 Å². The number of para-hydroxylation sites is 1. The number of nitrogens with two attached hydrogens (primary N) is 1. The van der Waals surface area contributed by atoms with Gasteiger partial charge in [0, 0.05) is 11.7 Å². The molecule has 0 saturated heterocycles. The molecule has 3 N–H and O–H groups in total. The summed E-state index contributed by atoms with van der Waals surface area (Å²) in [4.78, 5) is 0.269. The van der Waals surface area contributed by atoms with Crippen LogP contribution in [0.4, 0.5) is 11.4 Å². The van der Waals surface area contributed by atoms with E-state index in [-0.39, 0.29) is 10.9 Å². The highest BCUT2D eigenvalue weighted by Crippen LogP contribution is 2.36. The first-order chi connectivity index (χ1) is 10.0. The minimum atomic E-state index is -3.56. The van der Waals surface area contributed by atoms with Crippen LogP contribution in [0.2, 0.25) is 0 Å². The quantitative estimate of drug-likeness (QED) is 0.672. The van der Waals surface area contributed by atoms with Crippen molar-refractivity contribution in [2.24, 2.45) is 5.84 Å². The molecule has 0 amide bonds. The minimum Gasteiger partial charge on any atom is -0.324 e. The van der Waals surface area contributed by atoms with Gasteiger partial charge in [-0.25, -0.2) is 8.42 Å². The summed E-state index contributed by atoms with van der Waals surface area (Å²) in [5, 5.41) is 0. The number of nitrogen functional groups attached to an aromatic ring is 1. The third-order valence-corrected chi connectivity index (χ3v) is 5.66. The van der Waals surface area contributed by atoms with Crippen LogP contribution < -0.4 is 15.6 Å². The Bertz CT molecular complexity index is 757. The zero-order chi connectivity index (χ0) is 15.0. The van der Waals surface area contributed by atoms with Gasteiger partial charge in [-0.1, -0.05) is 18.2 Å². The Labute approximate surface area is 124 Å². The molecule has 1 heterocycles. The van der Waals surface area contributed by atoms with E-state index in [2.05, 4.69) is 5.43 Å². The number of benzene rings is 2. The number of sulfonamides is 1. The van der Waals surface area contributed by atoms with E-state index in [1.807, 2.05) is 31.2 Å². The number of hydrogen-bond donors (Lipinski definition) is 2. The molecule has 0 saturated carbocycles. The fraction of sp³-hybridized carbons (Fsp3) is 0.200. The van der Waals surface area contributed by atoms with Crippen LogP contribution in [-0.2, 0) is 16.4 Å². The van der Waals surface area contributed by atoms with Gasteiger partial charge in [0.15, 0.2) is 0 Å². The van der Waals surface area contributed by atoms with Crippen LogP contribution in [0, 0.1) is 0 Å². The van der Waals surface area contributed by atoms with Gasteiger partial charge in [-0.2, -0.15) is 0 Å². The molecule has 5 nitrogen and oxygen atoms in total. The van der Waals surface area contributed by atoms with E-state index in [0.717, 1.165) is 17.7 Å². The second-order valence-electron chi connectivity index (χ2n) is 5.15. The molecule has 2 aromatic rings. The standard InChI is InChI=1S/C15H17N3O2S/c1-11-10-12-4-2-3-5-15(12)18(11)21(19,20)14-8-6-13(17-16)7-9-14/h2-9,11,17H,10,16H2,1H3. The van der Waals surface area contributed by atoms with Crippen LogP contribution in [0.15, 0.2) is 53.4 Å². The monoisotopic (exact) mass is 303 g/mol. The summed E-state index contributed by atoms with van der Waals surface area (Å²) in [6.07, 6.45) is 0.734. The summed E-state index contributed by atoms with van der Waals surface area (Å²) in [5.41, 5.74) is 4.99. The van der Waals surface area contributed by atoms with Crippen molar-refractivity contribution >= 4 is 21.4 Å². The summed E-state index contributed by atoms with van der Waals surface area (Å²) < 4.78 is 27.3. The Morgan fingerprint density at radius 1 is 1.14 bits per heavy atom. The molecular formula is C15H17N3O2S. The lowest BCUT2D eigenvalue weighted by molar-refractivity contribution is 0.584. The molecule has 0 radical (unpaired) electrons. The number of anilines is 2. The molecule has 110 valence electrons. The maximum atomic E-state index is 12.9. The Morgan fingerprint density at radius 2 is 1.81 bits per heavy atom. The summed E-state index contributed by atoms with van der Waals surface area (Å²) in [6, 6.07) is 14.0. The van der Waals surface area contributed by atoms with Gasteiger partial charge in [0.2, 0.25) is 0 Å². The number of hydrazine groups is 1. The largest absolute Gasteiger partial charge is 0.324 e. The van der Waals surface area contributed by atoms with Crippen molar-refractivity contribution in [1.82, 2.24) is 0 Å². The fourth-order valence-corrected chi connectivity index (χ4v) is 4.43. The first-order valence-electron chi connectivity index (χ1n) is 6.73. The fourth-order valence-electron chi connectivity index (χ4n) is 2.74. The molecule has 0 aliphatic carbocycles. The van der Waals surface area contributed by atoms with Crippen LogP contribution in [0.25, 0.3) is 0 Å².